The van der Waals surface area contributed by atoms with E-state index >= 15 is 0 Å². The number of nitro groups is 1. The summed E-state index contributed by atoms with van der Waals surface area (Å²) < 4.78 is 0. The summed E-state index contributed by atoms with van der Waals surface area (Å²) in [5.74, 6) is 3.41. The van der Waals surface area contributed by atoms with Crippen molar-refractivity contribution >= 4 is 28.9 Å². The van der Waals surface area contributed by atoms with Crippen molar-refractivity contribution in [2.45, 2.75) is 0 Å². The Morgan fingerprint density at radius 2 is 1.83 bits per heavy atom. The summed E-state index contributed by atoms with van der Waals surface area (Å²) in [6, 6.07) is 10.5. The zero-order chi connectivity index (χ0) is 17.0. The van der Waals surface area contributed by atoms with E-state index in [4.69, 9.17) is 5.84 Å². The van der Waals surface area contributed by atoms with E-state index in [2.05, 4.69) is 5.32 Å². The number of carbonyl (C=O) groups is 2. The fraction of sp³-hybridized carbons (Fsp3) is 0. The fourth-order valence-electron chi connectivity index (χ4n) is 1.72. The molecule has 0 aliphatic carbocycles. The van der Waals surface area contributed by atoms with E-state index in [1.807, 2.05) is 0 Å². The van der Waals surface area contributed by atoms with E-state index in [9.17, 15) is 24.8 Å². The number of nitrogens with two attached hydrogens (primary N) is 1. The van der Waals surface area contributed by atoms with Gasteiger partial charge in [0.15, 0.2) is 0 Å². The summed E-state index contributed by atoms with van der Waals surface area (Å²) in [5.41, 5.74) is 0.0667. The van der Waals surface area contributed by atoms with E-state index in [1.54, 1.807) is 0 Å². The van der Waals surface area contributed by atoms with Gasteiger partial charge in [0.1, 0.15) is 5.75 Å². The number of hydrogen-bond donors (Lipinski definition) is 3. The highest BCUT2D eigenvalue weighted by Gasteiger charge is 2.21. The molecule has 2 aromatic rings. The molecular weight excluding hydrogens is 304 g/mol. The fourth-order valence-corrected chi connectivity index (χ4v) is 1.72. The van der Waals surface area contributed by atoms with Gasteiger partial charge in [-0.1, -0.05) is 6.07 Å². The Labute approximate surface area is 130 Å². The van der Waals surface area contributed by atoms with Crippen molar-refractivity contribution in [2.24, 2.45) is 5.84 Å². The number of nitrogens with one attached hydrogen (secondary N) is 1. The second-order valence-corrected chi connectivity index (χ2v) is 4.45. The number of nitrogens with zero attached hydrogens (tertiary/aromatic N) is 2. The molecule has 4 N–H and O–H groups in total. The summed E-state index contributed by atoms with van der Waals surface area (Å²) in [6.45, 7) is 0. The number of phenolic OH excluding ortho intramolecular Hbond substituents is 1. The molecule has 23 heavy (non-hydrogen) atoms. The maximum atomic E-state index is 11.9. The molecule has 118 valence electrons. The largest absolute Gasteiger partial charge is 0.508 e. The van der Waals surface area contributed by atoms with Crippen LogP contribution in [0.4, 0.5) is 17.1 Å². The molecule has 0 radical (unpaired) electrons. The number of non-ortho nitro benzene ring substituents is 1. The van der Waals surface area contributed by atoms with Gasteiger partial charge in [0.05, 0.1) is 10.6 Å². The predicted molar refractivity (Wildman–Crippen MR) is 81.5 cm³/mol. The molecule has 0 aromatic heterocycles. The van der Waals surface area contributed by atoms with Crippen LogP contribution in [0.1, 0.15) is 0 Å². The normalized spacial score (nSPS) is 9.96. The third-order valence-corrected chi connectivity index (χ3v) is 2.86. The van der Waals surface area contributed by atoms with Crippen LogP contribution in [-0.4, -0.2) is 21.8 Å². The number of nitro benzene ring substituents is 1. The smallest absolute Gasteiger partial charge is 0.330 e. The summed E-state index contributed by atoms with van der Waals surface area (Å²) in [4.78, 5) is 33.9. The van der Waals surface area contributed by atoms with Crippen LogP contribution in [0.3, 0.4) is 0 Å². The quantitative estimate of drug-likeness (QED) is 0.255. The predicted octanol–water partition coefficient (Wildman–Crippen LogP) is 1.15. The number of hydrogen-bond acceptors (Lipinski definition) is 6. The maximum Gasteiger partial charge on any atom is 0.330 e. The minimum Gasteiger partial charge on any atom is -0.508 e. The Hall–Kier alpha value is -3.46. The van der Waals surface area contributed by atoms with Gasteiger partial charge in [-0.25, -0.2) is 10.9 Å². The van der Waals surface area contributed by atoms with Gasteiger partial charge in [-0.05, 0) is 30.3 Å². The van der Waals surface area contributed by atoms with Crippen molar-refractivity contribution in [3.8, 4) is 5.75 Å². The van der Waals surface area contributed by atoms with Crippen molar-refractivity contribution in [2.75, 3.05) is 10.3 Å². The molecule has 0 heterocycles. The Bertz CT molecular complexity index is 760. The van der Waals surface area contributed by atoms with E-state index < -0.39 is 16.7 Å². The lowest BCUT2D eigenvalue weighted by molar-refractivity contribution is -0.384. The summed E-state index contributed by atoms with van der Waals surface area (Å²) >= 11 is 0. The molecule has 0 atom stereocenters. The Morgan fingerprint density at radius 1 is 1.17 bits per heavy atom. The first kappa shape index (κ1) is 15.9. The number of anilines is 2. The molecule has 0 fully saturated rings. The first-order chi connectivity index (χ1) is 10.9. The molecule has 0 aliphatic rings. The maximum absolute atomic E-state index is 11.9. The molecule has 0 saturated heterocycles. The van der Waals surface area contributed by atoms with Gasteiger partial charge in [0.2, 0.25) is 0 Å². The molecule has 9 heteroatoms. The first-order valence-corrected chi connectivity index (χ1v) is 6.32. The molecule has 0 aliphatic heterocycles. The minimum absolute atomic E-state index is 0.0179. The van der Waals surface area contributed by atoms with E-state index in [0.717, 1.165) is 6.07 Å². The van der Waals surface area contributed by atoms with Gasteiger partial charge >= 0.3 is 11.8 Å². The van der Waals surface area contributed by atoms with Gasteiger partial charge in [0.25, 0.3) is 5.69 Å². The van der Waals surface area contributed by atoms with Crippen LogP contribution < -0.4 is 16.2 Å². The van der Waals surface area contributed by atoms with Crippen molar-refractivity contribution in [1.82, 2.24) is 0 Å². The Kier molecular flexibility index (Phi) is 4.52. The van der Waals surface area contributed by atoms with Gasteiger partial charge in [0, 0.05) is 17.8 Å². The van der Waals surface area contributed by atoms with Crippen molar-refractivity contribution in [3.63, 3.8) is 0 Å². The number of phenols is 1. The van der Waals surface area contributed by atoms with Gasteiger partial charge in [-0.15, -0.1) is 0 Å². The molecule has 2 amide bonds. The lowest BCUT2D eigenvalue weighted by atomic mass is 10.2. The number of hydrazine groups is 1. The highest BCUT2D eigenvalue weighted by Crippen LogP contribution is 2.18. The molecule has 2 aromatic carbocycles. The SMILES string of the molecule is NN(C(=O)C(=O)Nc1cccc([N+](=O)[O-])c1)c1ccc(O)cc1. The van der Waals surface area contributed by atoms with Crippen LogP contribution in [0.15, 0.2) is 48.5 Å². The molecule has 2 rings (SSSR count). The first-order valence-electron chi connectivity index (χ1n) is 6.32. The average Bonchev–Trinajstić information content (AvgIpc) is 2.54. The van der Waals surface area contributed by atoms with Crippen molar-refractivity contribution in [3.05, 3.63) is 58.6 Å². The Morgan fingerprint density at radius 3 is 2.43 bits per heavy atom. The standard InChI is InChI=1S/C14H12N4O5/c15-17(10-4-6-12(19)7-5-10)14(21)13(20)16-9-2-1-3-11(8-9)18(22)23/h1-8,19H,15H2,(H,16,20). The third kappa shape index (κ3) is 3.80. The zero-order valence-corrected chi connectivity index (χ0v) is 11.7. The second kappa shape index (κ2) is 6.54. The van der Waals surface area contributed by atoms with Crippen molar-refractivity contribution < 1.29 is 19.6 Å². The van der Waals surface area contributed by atoms with Crippen LogP contribution in [0, 0.1) is 10.1 Å². The highest BCUT2D eigenvalue weighted by molar-refractivity contribution is 6.44. The lowest BCUT2D eigenvalue weighted by Crippen LogP contribution is -2.44. The van der Waals surface area contributed by atoms with Crippen LogP contribution in [0.2, 0.25) is 0 Å². The van der Waals surface area contributed by atoms with E-state index in [1.165, 1.54) is 42.5 Å². The molecule has 9 nitrogen and oxygen atoms in total. The summed E-state index contributed by atoms with van der Waals surface area (Å²) in [5, 5.41) is 22.7. The number of carbonyl (C=O) groups excluding carboxylic acids is 2. The van der Waals surface area contributed by atoms with E-state index in [-0.39, 0.29) is 22.8 Å². The van der Waals surface area contributed by atoms with Gasteiger partial charge < -0.3 is 10.4 Å². The van der Waals surface area contributed by atoms with Crippen molar-refractivity contribution in [1.29, 1.82) is 0 Å². The summed E-state index contributed by atoms with van der Waals surface area (Å²) in [6.07, 6.45) is 0. The number of amides is 2. The number of benzene rings is 2. The average molecular weight is 316 g/mol. The van der Waals surface area contributed by atoms with Crippen LogP contribution in [0.5, 0.6) is 5.75 Å². The lowest BCUT2D eigenvalue weighted by Gasteiger charge is -2.16. The zero-order valence-electron chi connectivity index (χ0n) is 11.7. The highest BCUT2D eigenvalue weighted by atomic mass is 16.6. The third-order valence-electron chi connectivity index (χ3n) is 2.86. The molecule has 0 unspecified atom stereocenters. The second-order valence-electron chi connectivity index (χ2n) is 4.45. The van der Waals surface area contributed by atoms with Gasteiger partial charge in [-0.2, -0.15) is 0 Å². The monoisotopic (exact) mass is 316 g/mol. The summed E-state index contributed by atoms with van der Waals surface area (Å²) in [7, 11) is 0. The van der Waals surface area contributed by atoms with Crippen LogP contribution >= 0.6 is 0 Å². The van der Waals surface area contributed by atoms with Gasteiger partial charge in [-0.3, -0.25) is 19.7 Å². The topological polar surface area (TPSA) is 139 Å². The van der Waals surface area contributed by atoms with Crippen LogP contribution in [-0.2, 0) is 9.59 Å². The number of rotatable bonds is 3. The molecule has 0 spiro atoms. The molecular formula is C14H12N4O5. The number of aromatic hydroxyl groups is 1. The molecule has 0 saturated carbocycles. The van der Waals surface area contributed by atoms with E-state index in [0.29, 0.717) is 5.01 Å². The van der Waals surface area contributed by atoms with Crippen LogP contribution in [0.25, 0.3) is 0 Å². The Balaban J connectivity index is 2.10. The molecule has 0 bridgehead atoms. The minimum atomic E-state index is -1.07.